The number of anilines is 1. The van der Waals surface area contributed by atoms with Crippen molar-refractivity contribution in [1.29, 1.82) is 0 Å². The molecular formula is C11H15NO2. The van der Waals surface area contributed by atoms with E-state index in [9.17, 15) is 4.79 Å². The molecule has 0 unspecified atom stereocenters. The fourth-order valence-electron chi connectivity index (χ4n) is 1.02. The number of ether oxygens (including phenoxy) is 1. The minimum Gasteiger partial charge on any atom is -0.495 e. The number of benzene rings is 1. The van der Waals surface area contributed by atoms with Crippen molar-refractivity contribution >= 4 is 11.6 Å². The number of para-hydroxylation sites is 2. The summed E-state index contributed by atoms with van der Waals surface area (Å²) in [4.78, 5) is 11.4. The van der Waals surface area contributed by atoms with Crippen molar-refractivity contribution in [3.8, 4) is 5.75 Å². The van der Waals surface area contributed by atoms with Gasteiger partial charge >= 0.3 is 0 Å². The minimum atomic E-state index is -0.0279. The molecule has 0 radical (unpaired) electrons. The summed E-state index contributed by atoms with van der Waals surface area (Å²) in [6.07, 6.45) is 0. The summed E-state index contributed by atoms with van der Waals surface area (Å²) in [5, 5.41) is 2.80. The number of rotatable bonds is 3. The van der Waals surface area contributed by atoms with E-state index in [0.717, 1.165) is 0 Å². The van der Waals surface area contributed by atoms with E-state index < -0.39 is 0 Å². The summed E-state index contributed by atoms with van der Waals surface area (Å²) in [5.41, 5.74) is 0.716. The number of carbonyl (C=O) groups excluding carboxylic acids is 1. The Bertz CT molecular complexity index is 321. The van der Waals surface area contributed by atoms with Crippen molar-refractivity contribution in [3.63, 3.8) is 0 Å². The molecule has 3 heteroatoms. The first-order valence-corrected chi connectivity index (χ1v) is 4.59. The summed E-state index contributed by atoms with van der Waals surface area (Å²) >= 11 is 0. The van der Waals surface area contributed by atoms with Crippen molar-refractivity contribution in [2.24, 2.45) is 5.92 Å². The largest absolute Gasteiger partial charge is 0.495 e. The van der Waals surface area contributed by atoms with Crippen LogP contribution in [0.2, 0.25) is 0 Å². The van der Waals surface area contributed by atoms with E-state index in [2.05, 4.69) is 5.32 Å². The van der Waals surface area contributed by atoms with Crippen LogP contribution in [-0.4, -0.2) is 13.0 Å². The molecular weight excluding hydrogens is 178 g/mol. The van der Waals surface area contributed by atoms with Gasteiger partial charge in [-0.15, -0.1) is 0 Å². The first-order valence-electron chi connectivity index (χ1n) is 4.59. The van der Waals surface area contributed by atoms with Crippen LogP contribution < -0.4 is 10.1 Å². The molecule has 1 rings (SSSR count). The molecule has 0 aliphatic carbocycles. The lowest BCUT2D eigenvalue weighted by Crippen LogP contribution is -2.18. The minimum absolute atomic E-state index is 0.00509. The topological polar surface area (TPSA) is 38.3 Å². The molecule has 0 aliphatic rings. The summed E-state index contributed by atoms with van der Waals surface area (Å²) in [6.45, 7) is 3.70. The van der Waals surface area contributed by atoms with Crippen LogP contribution in [0.15, 0.2) is 24.3 Å². The van der Waals surface area contributed by atoms with Crippen LogP contribution >= 0.6 is 0 Å². The van der Waals surface area contributed by atoms with Gasteiger partial charge < -0.3 is 10.1 Å². The predicted molar refractivity (Wildman–Crippen MR) is 56.5 cm³/mol. The standard InChI is InChI=1S/C11H15NO2/c1-8(2)11(13)12-9-6-4-5-7-10(9)14-3/h4-8H,1-3H3,(H,12,13). The maximum absolute atomic E-state index is 11.4. The molecule has 0 spiro atoms. The number of hydrogen-bond acceptors (Lipinski definition) is 2. The number of hydrogen-bond donors (Lipinski definition) is 1. The van der Waals surface area contributed by atoms with Crippen molar-refractivity contribution in [2.75, 3.05) is 12.4 Å². The second kappa shape index (κ2) is 4.65. The Morgan fingerprint density at radius 3 is 2.57 bits per heavy atom. The molecule has 0 atom stereocenters. The maximum atomic E-state index is 11.4. The molecule has 0 saturated heterocycles. The van der Waals surface area contributed by atoms with Gasteiger partial charge in [0.05, 0.1) is 12.8 Å². The lowest BCUT2D eigenvalue weighted by Gasteiger charge is -2.10. The molecule has 76 valence electrons. The summed E-state index contributed by atoms with van der Waals surface area (Å²) in [5.74, 6) is 0.649. The van der Waals surface area contributed by atoms with E-state index in [-0.39, 0.29) is 11.8 Å². The predicted octanol–water partition coefficient (Wildman–Crippen LogP) is 2.29. The first kappa shape index (κ1) is 10.6. The number of carbonyl (C=O) groups is 1. The van der Waals surface area contributed by atoms with Crippen LogP contribution in [0.5, 0.6) is 5.75 Å². The van der Waals surface area contributed by atoms with Gasteiger partial charge in [0.1, 0.15) is 5.75 Å². The van der Waals surface area contributed by atoms with Gasteiger partial charge in [-0.1, -0.05) is 26.0 Å². The van der Waals surface area contributed by atoms with Crippen LogP contribution in [0.3, 0.4) is 0 Å². The number of amides is 1. The third-order valence-electron chi connectivity index (χ3n) is 1.89. The van der Waals surface area contributed by atoms with Gasteiger partial charge in [0.15, 0.2) is 0 Å². The van der Waals surface area contributed by atoms with E-state index in [0.29, 0.717) is 11.4 Å². The molecule has 0 fully saturated rings. The van der Waals surface area contributed by atoms with Crippen LogP contribution in [-0.2, 0) is 4.79 Å². The van der Waals surface area contributed by atoms with Gasteiger partial charge in [-0.3, -0.25) is 4.79 Å². The zero-order valence-electron chi connectivity index (χ0n) is 8.70. The first-order chi connectivity index (χ1) is 6.65. The monoisotopic (exact) mass is 193 g/mol. The molecule has 1 aromatic rings. The Hall–Kier alpha value is -1.51. The van der Waals surface area contributed by atoms with E-state index in [1.54, 1.807) is 7.11 Å². The Labute approximate surface area is 84.1 Å². The fraction of sp³-hybridized carbons (Fsp3) is 0.364. The highest BCUT2D eigenvalue weighted by atomic mass is 16.5. The van der Waals surface area contributed by atoms with Gasteiger partial charge in [-0.25, -0.2) is 0 Å². The summed E-state index contributed by atoms with van der Waals surface area (Å²) in [7, 11) is 1.58. The van der Waals surface area contributed by atoms with E-state index >= 15 is 0 Å². The van der Waals surface area contributed by atoms with Crippen molar-refractivity contribution < 1.29 is 9.53 Å². The normalized spacial score (nSPS) is 10.0. The molecule has 14 heavy (non-hydrogen) atoms. The molecule has 1 amide bonds. The average Bonchev–Trinajstić information content (AvgIpc) is 2.18. The van der Waals surface area contributed by atoms with Gasteiger partial charge in [0.25, 0.3) is 0 Å². The maximum Gasteiger partial charge on any atom is 0.227 e. The third-order valence-corrected chi connectivity index (χ3v) is 1.89. The van der Waals surface area contributed by atoms with Crippen LogP contribution in [0.1, 0.15) is 13.8 Å². The Kier molecular flexibility index (Phi) is 3.51. The van der Waals surface area contributed by atoms with Gasteiger partial charge in [0, 0.05) is 5.92 Å². The number of nitrogens with one attached hydrogen (secondary N) is 1. The van der Waals surface area contributed by atoms with E-state index in [4.69, 9.17) is 4.74 Å². The summed E-state index contributed by atoms with van der Waals surface area (Å²) in [6, 6.07) is 7.36. The molecule has 0 aliphatic heterocycles. The highest BCUT2D eigenvalue weighted by Gasteiger charge is 2.09. The van der Waals surface area contributed by atoms with Gasteiger partial charge in [-0.05, 0) is 12.1 Å². The second-order valence-corrected chi connectivity index (χ2v) is 3.34. The molecule has 0 aromatic heterocycles. The highest BCUT2D eigenvalue weighted by Crippen LogP contribution is 2.23. The molecule has 0 heterocycles. The molecule has 1 N–H and O–H groups in total. The Morgan fingerprint density at radius 2 is 2.00 bits per heavy atom. The zero-order valence-corrected chi connectivity index (χ0v) is 8.70. The smallest absolute Gasteiger partial charge is 0.227 e. The van der Waals surface area contributed by atoms with Crippen LogP contribution in [0.4, 0.5) is 5.69 Å². The van der Waals surface area contributed by atoms with E-state index in [1.165, 1.54) is 0 Å². The fourth-order valence-corrected chi connectivity index (χ4v) is 1.02. The summed E-state index contributed by atoms with van der Waals surface area (Å²) < 4.78 is 5.11. The third kappa shape index (κ3) is 2.49. The quantitative estimate of drug-likeness (QED) is 0.799. The number of methoxy groups -OCH3 is 1. The average molecular weight is 193 g/mol. The molecule has 0 saturated carbocycles. The molecule has 1 aromatic carbocycles. The van der Waals surface area contributed by atoms with Crippen molar-refractivity contribution in [2.45, 2.75) is 13.8 Å². The lowest BCUT2D eigenvalue weighted by molar-refractivity contribution is -0.118. The van der Waals surface area contributed by atoms with Gasteiger partial charge in [-0.2, -0.15) is 0 Å². The van der Waals surface area contributed by atoms with Crippen LogP contribution in [0.25, 0.3) is 0 Å². The second-order valence-electron chi connectivity index (χ2n) is 3.34. The Morgan fingerprint density at radius 1 is 1.36 bits per heavy atom. The molecule has 0 bridgehead atoms. The highest BCUT2D eigenvalue weighted by molar-refractivity contribution is 5.93. The SMILES string of the molecule is COc1ccccc1NC(=O)C(C)C. The molecule has 3 nitrogen and oxygen atoms in total. The zero-order chi connectivity index (χ0) is 10.6. The van der Waals surface area contributed by atoms with Gasteiger partial charge in [0.2, 0.25) is 5.91 Å². The van der Waals surface area contributed by atoms with Crippen molar-refractivity contribution in [3.05, 3.63) is 24.3 Å². The Balaban J connectivity index is 2.80. The van der Waals surface area contributed by atoms with E-state index in [1.807, 2.05) is 38.1 Å². The van der Waals surface area contributed by atoms with Crippen LogP contribution in [0, 0.1) is 5.92 Å². The lowest BCUT2D eigenvalue weighted by atomic mass is 10.2. The van der Waals surface area contributed by atoms with Crippen molar-refractivity contribution in [1.82, 2.24) is 0 Å².